The molecule has 1 rings (SSSR count). The van der Waals surface area contributed by atoms with Gasteiger partial charge in [0.05, 0.1) is 6.04 Å². The van der Waals surface area contributed by atoms with Crippen LogP contribution in [-0.2, 0) is 11.2 Å². The Hall–Kier alpha value is -1.49. The Morgan fingerprint density at radius 2 is 1.94 bits per heavy atom. The van der Waals surface area contributed by atoms with Gasteiger partial charge < -0.3 is 11.1 Å². The highest BCUT2D eigenvalue weighted by molar-refractivity contribution is 5.81. The lowest BCUT2D eigenvalue weighted by atomic mass is 10.1. The van der Waals surface area contributed by atoms with E-state index >= 15 is 0 Å². The Labute approximate surface area is 105 Å². The number of hydrogen-bond donors (Lipinski definition) is 2. The van der Waals surface area contributed by atoms with Crippen molar-refractivity contribution in [2.75, 3.05) is 0 Å². The highest BCUT2D eigenvalue weighted by atomic mass is 19.1. The molecule has 0 aliphatic heterocycles. The first-order valence-electron chi connectivity index (χ1n) is 5.94. The van der Waals surface area contributed by atoms with Crippen molar-refractivity contribution in [1.29, 1.82) is 0 Å². The van der Waals surface area contributed by atoms with E-state index in [2.05, 4.69) is 5.32 Å². The molecule has 3 N–H and O–H groups in total. The van der Waals surface area contributed by atoms with Crippen molar-refractivity contribution in [3.05, 3.63) is 35.4 Å². The summed E-state index contributed by atoms with van der Waals surface area (Å²) in [6, 6.07) is 2.75. The number of carbonyl (C=O) groups is 1. The predicted molar refractivity (Wildman–Crippen MR) is 65.9 cm³/mol. The molecule has 0 saturated carbocycles. The maximum atomic E-state index is 13.4. The van der Waals surface area contributed by atoms with E-state index < -0.39 is 17.7 Å². The number of halogens is 2. The highest BCUT2D eigenvalue weighted by Crippen LogP contribution is 2.14. The quantitative estimate of drug-likeness (QED) is 0.843. The third-order valence-corrected chi connectivity index (χ3v) is 2.74. The first-order chi connectivity index (χ1) is 8.45. The fourth-order valence-electron chi connectivity index (χ4n) is 1.62. The maximum Gasteiger partial charge on any atom is 0.237 e. The third-order valence-electron chi connectivity index (χ3n) is 2.74. The molecular weight excluding hydrogens is 238 g/mol. The van der Waals surface area contributed by atoms with Crippen LogP contribution in [0.1, 0.15) is 25.8 Å². The number of carbonyl (C=O) groups excluding carboxylic acids is 1. The molecule has 5 heteroatoms. The number of hydrogen-bond acceptors (Lipinski definition) is 2. The van der Waals surface area contributed by atoms with Gasteiger partial charge in [0.25, 0.3) is 0 Å². The SMILES string of the molecule is CCC(N)C(=O)NC(C)Cc1c(F)cccc1F. The van der Waals surface area contributed by atoms with Crippen molar-refractivity contribution >= 4 is 5.91 Å². The van der Waals surface area contributed by atoms with E-state index in [1.54, 1.807) is 13.8 Å². The van der Waals surface area contributed by atoms with Crippen molar-refractivity contribution < 1.29 is 13.6 Å². The fraction of sp³-hybridized carbons (Fsp3) is 0.462. The Morgan fingerprint density at radius 3 is 2.44 bits per heavy atom. The van der Waals surface area contributed by atoms with Crippen molar-refractivity contribution in [1.82, 2.24) is 5.32 Å². The maximum absolute atomic E-state index is 13.4. The van der Waals surface area contributed by atoms with E-state index in [0.29, 0.717) is 6.42 Å². The summed E-state index contributed by atoms with van der Waals surface area (Å²) < 4.78 is 26.8. The molecule has 0 saturated heterocycles. The number of amides is 1. The predicted octanol–water partition coefficient (Wildman–Crippen LogP) is 1.75. The second-order valence-electron chi connectivity index (χ2n) is 4.33. The second kappa shape index (κ2) is 6.44. The summed E-state index contributed by atoms with van der Waals surface area (Å²) in [5, 5.41) is 2.64. The smallest absolute Gasteiger partial charge is 0.237 e. The minimum absolute atomic E-state index is 0.0182. The van der Waals surface area contributed by atoms with Gasteiger partial charge >= 0.3 is 0 Å². The summed E-state index contributed by atoms with van der Waals surface area (Å²) in [7, 11) is 0. The Morgan fingerprint density at radius 1 is 1.39 bits per heavy atom. The minimum Gasteiger partial charge on any atom is -0.352 e. The molecule has 1 amide bonds. The van der Waals surface area contributed by atoms with Gasteiger partial charge in [0.1, 0.15) is 11.6 Å². The van der Waals surface area contributed by atoms with Gasteiger partial charge in [-0.3, -0.25) is 4.79 Å². The Bertz CT molecular complexity index is 403. The van der Waals surface area contributed by atoms with E-state index in [-0.39, 0.29) is 23.9 Å². The van der Waals surface area contributed by atoms with Crippen LogP contribution in [0.5, 0.6) is 0 Å². The molecule has 0 bridgehead atoms. The Kier molecular flexibility index (Phi) is 5.22. The van der Waals surface area contributed by atoms with Gasteiger partial charge in [-0.2, -0.15) is 0 Å². The van der Waals surface area contributed by atoms with Gasteiger partial charge in [-0.05, 0) is 31.9 Å². The van der Waals surface area contributed by atoms with Crippen molar-refractivity contribution in [2.24, 2.45) is 5.73 Å². The molecule has 1 aromatic rings. The molecule has 0 aliphatic carbocycles. The molecule has 3 nitrogen and oxygen atoms in total. The lowest BCUT2D eigenvalue weighted by Crippen LogP contribution is -2.44. The van der Waals surface area contributed by atoms with Crippen molar-refractivity contribution in [3.8, 4) is 0 Å². The molecule has 0 aromatic heterocycles. The average Bonchev–Trinajstić information content (AvgIpc) is 2.32. The molecule has 0 heterocycles. The van der Waals surface area contributed by atoms with E-state index in [0.717, 1.165) is 0 Å². The van der Waals surface area contributed by atoms with Gasteiger partial charge in [-0.25, -0.2) is 8.78 Å². The zero-order valence-corrected chi connectivity index (χ0v) is 10.5. The molecule has 100 valence electrons. The summed E-state index contributed by atoms with van der Waals surface area (Å²) >= 11 is 0. The number of benzene rings is 1. The van der Waals surface area contributed by atoms with E-state index in [9.17, 15) is 13.6 Å². The zero-order chi connectivity index (χ0) is 13.7. The van der Waals surface area contributed by atoms with Crippen molar-refractivity contribution in [2.45, 2.75) is 38.8 Å². The van der Waals surface area contributed by atoms with Crippen LogP contribution < -0.4 is 11.1 Å². The standard InChI is InChI=1S/C13H18F2N2O/c1-3-12(16)13(18)17-8(2)7-9-10(14)5-4-6-11(9)15/h4-6,8,12H,3,7,16H2,1-2H3,(H,17,18). The minimum atomic E-state index is -0.601. The van der Waals surface area contributed by atoms with Crippen LogP contribution in [0, 0.1) is 11.6 Å². The van der Waals surface area contributed by atoms with E-state index in [4.69, 9.17) is 5.73 Å². The topological polar surface area (TPSA) is 55.1 Å². The first-order valence-corrected chi connectivity index (χ1v) is 5.94. The number of rotatable bonds is 5. The van der Waals surface area contributed by atoms with Crippen LogP contribution in [0.2, 0.25) is 0 Å². The lowest BCUT2D eigenvalue weighted by Gasteiger charge is -2.17. The fourth-order valence-corrected chi connectivity index (χ4v) is 1.62. The molecule has 0 radical (unpaired) electrons. The summed E-state index contributed by atoms with van der Waals surface area (Å²) in [5.74, 6) is -1.51. The monoisotopic (exact) mass is 256 g/mol. The molecule has 2 unspecified atom stereocenters. The molecule has 0 fully saturated rings. The molecule has 0 aliphatic rings. The number of nitrogens with one attached hydrogen (secondary N) is 1. The summed E-state index contributed by atoms with van der Waals surface area (Å²) in [6.07, 6.45) is 0.618. The summed E-state index contributed by atoms with van der Waals surface area (Å²) in [4.78, 5) is 11.5. The summed E-state index contributed by atoms with van der Waals surface area (Å²) in [5.41, 5.74) is 5.54. The van der Waals surface area contributed by atoms with Crippen LogP contribution in [0.4, 0.5) is 8.78 Å². The molecule has 1 aromatic carbocycles. The third kappa shape index (κ3) is 3.77. The highest BCUT2D eigenvalue weighted by Gasteiger charge is 2.17. The van der Waals surface area contributed by atoms with Crippen LogP contribution in [0.15, 0.2) is 18.2 Å². The van der Waals surface area contributed by atoms with Crippen LogP contribution >= 0.6 is 0 Å². The van der Waals surface area contributed by atoms with Crippen LogP contribution in [0.25, 0.3) is 0 Å². The zero-order valence-electron chi connectivity index (χ0n) is 10.5. The van der Waals surface area contributed by atoms with Gasteiger partial charge in [0.15, 0.2) is 0 Å². The molecule has 18 heavy (non-hydrogen) atoms. The van der Waals surface area contributed by atoms with E-state index in [1.165, 1.54) is 18.2 Å². The second-order valence-corrected chi connectivity index (χ2v) is 4.33. The lowest BCUT2D eigenvalue weighted by molar-refractivity contribution is -0.123. The first kappa shape index (κ1) is 14.6. The van der Waals surface area contributed by atoms with Gasteiger partial charge in [0.2, 0.25) is 5.91 Å². The molecular formula is C13H18F2N2O. The number of nitrogens with two attached hydrogens (primary N) is 1. The summed E-state index contributed by atoms with van der Waals surface area (Å²) in [6.45, 7) is 3.48. The van der Waals surface area contributed by atoms with Gasteiger partial charge in [0, 0.05) is 11.6 Å². The molecule has 2 atom stereocenters. The van der Waals surface area contributed by atoms with Crippen molar-refractivity contribution in [3.63, 3.8) is 0 Å². The largest absolute Gasteiger partial charge is 0.352 e. The Balaban J connectivity index is 2.65. The van der Waals surface area contributed by atoms with Gasteiger partial charge in [-0.1, -0.05) is 13.0 Å². The average molecular weight is 256 g/mol. The van der Waals surface area contributed by atoms with Crippen LogP contribution in [-0.4, -0.2) is 18.0 Å². The molecule has 0 spiro atoms. The van der Waals surface area contributed by atoms with Crippen LogP contribution in [0.3, 0.4) is 0 Å². The normalized spacial score (nSPS) is 14.1. The van der Waals surface area contributed by atoms with Gasteiger partial charge in [-0.15, -0.1) is 0 Å². The van der Waals surface area contributed by atoms with E-state index in [1.807, 2.05) is 0 Å².